The molecule has 0 saturated carbocycles. The van der Waals surface area contributed by atoms with Crippen molar-refractivity contribution >= 4 is 11.8 Å². The summed E-state index contributed by atoms with van der Waals surface area (Å²) in [5, 5.41) is 3.69. The van der Waals surface area contributed by atoms with Gasteiger partial charge < -0.3 is 15.5 Å². The van der Waals surface area contributed by atoms with Gasteiger partial charge in [0.05, 0.1) is 0 Å². The minimum absolute atomic E-state index is 0.0916. The fourth-order valence-electron chi connectivity index (χ4n) is 1.64. The van der Waals surface area contributed by atoms with Crippen LogP contribution in [-0.4, -0.2) is 35.4 Å². The number of likely N-dealkylation sites (tertiary alicyclic amines) is 1. The van der Waals surface area contributed by atoms with Gasteiger partial charge in [0.15, 0.2) is 0 Å². The van der Waals surface area contributed by atoms with E-state index in [2.05, 4.69) is 5.10 Å². The first-order valence-electron chi connectivity index (χ1n) is 5.41. The van der Waals surface area contributed by atoms with Crippen molar-refractivity contribution in [3.8, 4) is 0 Å². The number of ether oxygens (including phenoxy) is 1. The first-order valence-corrected chi connectivity index (χ1v) is 5.41. The summed E-state index contributed by atoms with van der Waals surface area (Å²) in [6.07, 6.45) is -0.269. The van der Waals surface area contributed by atoms with Gasteiger partial charge in [0.25, 0.3) is 0 Å². The van der Waals surface area contributed by atoms with Crippen LogP contribution in [0.2, 0.25) is 0 Å². The van der Waals surface area contributed by atoms with E-state index in [1.54, 1.807) is 4.90 Å². The van der Waals surface area contributed by atoms with E-state index >= 15 is 0 Å². The third-order valence-electron chi connectivity index (χ3n) is 2.80. The summed E-state index contributed by atoms with van der Waals surface area (Å²) in [5.74, 6) is 5.24. The number of nitrogens with two attached hydrogens (primary N) is 1. The van der Waals surface area contributed by atoms with Crippen molar-refractivity contribution in [2.45, 2.75) is 40.2 Å². The van der Waals surface area contributed by atoms with Crippen LogP contribution in [0.3, 0.4) is 0 Å². The standard InChI is InChI=1S/C11H21N3O2/c1-8(13-12)11(5)6-14(7-11)9(15)16-10(2,3)4/h6-7,12H2,1-5H3/b13-8+. The number of hydrogen-bond donors (Lipinski definition) is 1. The van der Waals surface area contributed by atoms with Crippen LogP contribution >= 0.6 is 0 Å². The van der Waals surface area contributed by atoms with Crippen LogP contribution in [-0.2, 0) is 4.74 Å². The first-order chi connectivity index (χ1) is 7.18. The third-order valence-corrected chi connectivity index (χ3v) is 2.80. The maximum Gasteiger partial charge on any atom is 0.410 e. The molecule has 0 spiro atoms. The highest BCUT2D eigenvalue weighted by Gasteiger charge is 2.45. The van der Waals surface area contributed by atoms with Gasteiger partial charge in [-0.1, -0.05) is 6.92 Å². The first kappa shape index (κ1) is 12.8. The Hall–Kier alpha value is -1.26. The quantitative estimate of drug-likeness (QED) is 0.420. The molecular formula is C11H21N3O2. The lowest BCUT2D eigenvalue weighted by Gasteiger charge is -2.47. The topological polar surface area (TPSA) is 67.9 Å². The highest BCUT2D eigenvalue weighted by atomic mass is 16.6. The predicted molar refractivity (Wildman–Crippen MR) is 63.2 cm³/mol. The minimum atomic E-state index is -0.444. The zero-order chi connectivity index (χ0) is 12.6. The van der Waals surface area contributed by atoms with Gasteiger partial charge in [0.2, 0.25) is 0 Å². The number of amides is 1. The van der Waals surface area contributed by atoms with E-state index in [1.165, 1.54) is 0 Å². The van der Waals surface area contributed by atoms with Crippen molar-refractivity contribution < 1.29 is 9.53 Å². The molecule has 1 rings (SSSR count). The van der Waals surface area contributed by atoms with Crippen LogP contribution in [0.5, 0.6) is 0 Å². The smallest absolute Gasteiger partial charge is 0.410 e. The molecule has 16 heavy (non-hydrogen) atoms. The normalized spacial score (nSPS) is 20.3. The second-order valence-corrected chi connectivity index (χ2v) is 5.61. The van der Waals surface area contributed by atoms with E-state index in [9.17, 15) is 4.79 Å². The molecule has 0 aromatic rings. The summed E-state index contributed by atoms with van der Waals surface area (Å²) in [4.78, 5) is 13.3. The maximum atomic E-state index is 11.7. The van der Waals surface area contributed by atoms with Crippen molar-refractivity contribution in [2.75, 3.05) is 13.1 Å². The van der Waals surface area contributed by atoms with E-state index < -0.39 is 5.60 Å². The average Bonchev–Trinajstić information content (AvgIpc) is 2.08. The molecule has 1 fully saturated rings. The highest BCUT2D eigenvalue weighted by Crippen LogP contribution is 2.32. The fourth-order valence-corrected chi connectivity index (χ4v) is 1.64. The van der Waals surface area contributed by atoms with Crippen molar-refractivity contribution in [3.63, 3.8) is 0 Å². The summed E-state index contributed by atoms with van der Waals surface area (Å²) in [7, 11) is 0. The summed E-state index contributed by atoms with van der Waals surface area (Å²) in [6.45, 7) is 10.7. The Kier molecular flexibility index (Phi) is 3.17. The van der Waals surface area contributed by atoms with Gasteiger partial charge in [-0.25, -0.2) is 4.79 Å². The van der Waals surface area contributed by atoms with Gasteiger partial charge in [0, 0.05) is 24.2 Å². The van der Waals surface area contributed by atoms with Crippen LogP contribution in [0, 0.1) is 5.41 Å². The Morgan fingerprint density at radius 3 is 2.31 bits per heavy atom. The molecule has 5 heteroatoms. The SMILES string of the molecule is C/C(=N\N)C1(C)CN(C(=O)OC(C)(C)C)C1. The molecule has 1 aliphatic heterocycles. The van der Waals surface area contributed by atoms with Crippen LogP contribution in [0.1, 0.15) is 34.6 Å². The molecule has 1 amide bonds. The summed E-state index contributed by atoms with van der Waals surface area (Å²) >= 11 is 0. The zero-order valence-corrected chi connectivity index (χ0v) is 10.7. The van der Waals surface area contributed by atoms with Gasteiger partial charge in [0.1, 0.15) is 5.60 Å². The molecule has 1 saturated heterocycles. The second-order valence-electron chi connectivity index (χ2n) is 5.61. The van der Waals surface area contributed by atoms with Crippen molar-refractivity contribution in [1.82, 2.24) is 4.90 Å². The van der Waals surface area contributed by atoms with Gasteiger partial charge in [-0.2, -0.15) is 5.10 Å². The number of nitrogens with zero attached hydrogens (tertiary/aromatic N) is 2. The molecule has 0 radical (unpaired) electrons. The molecule has 0 aromatic heterocycles. The largest absolute Gasteiger partial charge is 0.444 e. The Balaban J connectivity index is 2.50. The number of rotatable bonds is 1. The number of carbonyl (C=O) groups is 1. The number of hydrogen-bond acceptors (Lipinski definition) is 4. The van der Waals surface area contributed by atoms with E-state index in [0.29, 0.717) is 13.1 Å². The molecule has 1 aliphatic rings. The van der Waals surface area contributed by atoms with Gasteiger partial charge in [-0.3, -0.25) is 0 Å². The molecule has 0 atom stereocenters. The average molecular weight is 227 g/mol. The highest BCUT2D eigenvalue weighted by molar-refractivity contribution is 5.90. The molecule has 0 unspecified atom stereocenters. The molecule has 2 N–H and O–H groups in total. The summed E-state index contributed by atoms with van der Waals surface area (Å²) in [5.41, 5.74) is 0.332. The lowest BCUT2D eigenvalue weighted by Crippen LogP contribution is -2.60. The molecule has 92 valence electrons. The predicted octanol–water partition coefficient (Wildman–Crippen LogP) is 1.58. The van der Waals surface area contributed by atoms with Crippen LogP contribution in [0.25, 0.3) is 0 Å². The third kappa shape index (κ3) is 2.65. The summed E-state index contributed by atoms with van der Waals surface area (Å²) < 4.78 is 5.26. The van der Waals surface area contributed by atoms with Crippen LogP contribution < -0.4 is 5.84 Å². The molecule has 1 heterocycles. The van der Waals surface area contributed by atoms with Crippen molar-refractivity contribution in [2.24, 2.45) is 16.4 Å². The van der Waals surface area contributed by atoms with Gasteiger partial charge in [-0.05, 0) is 27.7 Å². The molecule has 5 nitrogen and oxygen atoms in total. The zero-order valence-electron chi connectivity index (χ0n) is 10.7. The number of hydrazone groups is 1. The van der Waals surface area contributed by atoms with Gasteiger partial charge in [-0.15, -0.1) is 0 Å². The molecular weight excluding hydrogens is 206 g/mol. The number of carbonyl (C=O) groups excluding carboxylic acids is 1. The van der Waals surface area contributed by atoms with E-state index in [4.69, 9.17) is 10.6 Å². The lowest BCUT2D eigenvalue weighted by atomic mass is 9.78. The summed E-state index contributed by atoms with van der Waals surface area (Å²) in [6, 6.07) is 0. The second kappa shape index (κ2) is 3.96. The molecule has 0 bridgehead atoms. The van der Waals surface area contributed by atoms with Gasteiger partial charge >= 0.3 is 6.09 Å². The Labute approximate surface area is 96.6 Å². The minimum Gasteiger partial charge on any atom is -0.444 e. The van der Waals surface area contributed by atoms with E-state index in [-0.39, 0.29) is 11.5 Å². The Bertz CT molecular complexity index is 312. The maximum absolute atomic E-state index is 11.7. The van der Waals surface area contributed by atoms with Crippen molar-refractivity contribution in [3.05, 3.63) is 0 Å². The Morgan fingerprint density at radius 2 is 1.94 bits per heavy atom. The lowest BCUT2D eigenvalue weighted by molar-refractivity contribution is -0.00922. The molecule has 0 aliphatic carbocycles. The van der Waals surface area contributed by atoms with Crippen LogP contribution in [0.4, 0.5) is 4.79 Å². The van der Waals surface area contributed by atoms with E-state index in [0.717, 1.165) is 5.71 Å². The van der Waals surface area contributed by atoms with E-state index in [1.807, 2.05) is 34.6 Å². The fraction of sp³-hybridized carbons (Fsp3) is 0.818. The van der Waals surface area contributed by atoms with Crippen molar-refractivity contribution in [1.29, 1.82) is 0 Å². The Morgan fingerprint density at radius 1 is 1.44 bits per heavy atom. The molecule has 0 aromatic carbocycles. The van der Waals surface area contributed by atoms with Crippen LogP contribution in [0.15, 0.2) is 5.10 Å². The monoisotopic (exact) mass is 227 g/mol.